The molecule has 0 aromatic heterocycles. The third-order valence-electron chi connectivity index (χ3n) is 5.21. The topological polar surface area (TPSA) is 15.3 Å². The lowest BCUT2D eigenvalue weighted by molar-refractivity contribution is 0.0770. The molecular formula is C19H28N2. The van der Waals surface area contributed by atoms with Crippen LogP contribution in [0.3, 0.4) is 0 Å². The van der Waals surface area contributed by atoms with Gasteiger partial charge < -0.3 is 5.32 Å². The molecule has 114 valence electrons. The highest BCUT2D eigenvalue weighted by Crippen LogP contribution is 2.28. The molecule has 1 aliphatic heterocycles. The van der Waals surface area contributed by atoms with Crippen molar-refractivity contribution >= 4 is 0 Å². The van der Waals surface area contributed by atoms with Gasteiger partial charge in [-0.25, -0.2) is 0 Å². The Morgan fingerprint density at radius 3 is 2.76 bits per heavy atom. The third kappa shape index (κ3) is 3.38. The average Bonchev–Trinajstić information content (AvgIpc) is 2.53. The van der Waals surface area contributed by atoms with Crippen LogP contribution < -0.4 is 5.32 Å². The van der Waals surface area contributed by atoms with Gasteiger partial charge in [-0.3, -0.25) is 4.90 Å². The highest BCUT2D eigenvalue weighted by molar-refractivity contribution is 5.25. The molecule has 2 aliphatic rings. The first-order valence-electron chi connectivity index (χ1n) is 8.37. The molecule has 0 radical (unpaired) electrons. The average molecular weight is 284 g/mol. The van der Waals surface area contributed by atoms with Crippen molar-refractivity contribution in [3.63, 3.8) is 0 Å². The highest BCUT2D eigenvalue weighted by atomic mass is 15.2. The van der Waals surface area contributed by atoms with Gasteiger partial charge in [0.25, 0.3) is 0 Å². The second kappa shape index (κ2) is 6.33. The molecule has 1 saturated heterocycles. The van der Waals surface area contributed by atoms with Crippen molar-refractivity contribution in [2.75, 3.05) is 19.6 Å². The number of nitrogens with one attached hydrogen (secondary N) is 1. The van der Waals surface area contributed by atoms with E-state index in [0.717, 1.165) is 19.0 Å². The smallest absolute Gasteiger partial charge is 0.0535 e. The fraction of sp³-hybridized carbons (Fsp3) is 0.579. The summed E-state index contributed by atoms with van der Waals surface area (Å²) in [6, 6.07) is 11.5. The molecule has 1 aromatic carbocycles. The van der Waals surface area contributed by atoms with Gasteiger partial charge in [0.2, 0.25) is 0 Å². The molecule has 1 heterocycles. The van der Waals surface area contributed by atoms with E-state index >= 15 is 0 Å². The maximum absolute atomic E-state index is 3.77. The van der Waals surface area contributed by atoms with Crippen LogP contribution in [0.4, 0.5) is 0 Å². The molecule has 3 rings (SSSR count). The van der Waals surface area contributed by atoms with E-state index in [1.807, 2.05) is 0 Å². The SMILES string of the molecule is CC1CNC(C)(c2ccccc2)CN1CC1CC=CCC1. The van der Waals surface area contributed by atoms with Crippen LogP contribution >= 0.6 is 0 Å². The van der Waals surface area contributed by atoms with Crippen molar-refractivity contribution in [2.45, 2.75) is 44.7 Å². The predicted molar refractivity (Wildman–Crippen MR) is 89.3 cm³/mol. The van der Waals surface area contributed by atoms with Gasteiger partial charge in [-0.05, 0) is 44.6 Å². The van der Waals surface area contributed by atoms with E-state index in [1.165, 1.54) is 31.4 Å². The molecule has 0 amide bonds. The number of rotatable bonds is 3. The van der Waals surface area contributed by atoms with Gasteiger partial charge >= 0.3 is 0 Å². The molecule has 1 aliphatic carbocycles. The van der Waals surface area contributed by atoms with Crippen molar-refractivity contribution in [2.24, 2.45) is 5.92 Å². The minimum absolute atomic E-state index is 0.0816. The molecule has 0 bridgehead atoms. The van der Waals surface area contributed by atoms with E-state index < -0.39 is 0 Å². The van der Waals surface area contributed by atoms with Crippen molar-refractivity contribution in [3.05, 3.63) is 48.0 Å². The van der Waals surface area contributed by atoms with Gasteiger partial charge in [0.1, 0.15) is 0 Å². The molecule has 3 unspecified atom stereocenters. The summed E-state index contributed by atoms with van der Waals surface area (Å²) in [7, 11) is 0. The lowest BCUT2D eigenvalue weighted by atomic mass is 9.86. The maximum Gasteiger partial charge on any atom is 0.0535 e. The molecule has 1 N–H and O–H groups in total. The third-order valence-corrected chi connectivity index (χ3v) is 5.21. The molecular weight excluding hydrogens is 256 g/mol. The summed E-state index contributed by atoms with van der Waals surface area (Å²) in [4.78, 5) is 2.70. The lowest BCUT2D eigenvalue weighted by Gasteiger charge is -2.46. The van der Waals surface area contributed by atoms with Crippen LogP contribution in [0.5, 0.6) is 0 Å². The highest BCUT2D eigenvalue weighted by Gasteiger charge is 2.35. The zero-order valence-corrected chi connectivity index (χ0v) is 13.4. The Kier molecular flexibility index (Phi) is 4.46. The minimum Gasteiger partial charge on any atom is -0.305 e. The Bertz CT molecular complexity index is 482. The van der Waals surface area contributed by atoms with Gasteiger partial charge in [-0.15, -0.1) is 0 Å². The van der Waals surface area contributed by atoms with Crippen LogP contribution in [0.2, 0.25) is 0 Å². The Hall–Kier alpha value is -1.12. The van der Waals surface area contributed by atoms with Crippen molar-refractivity contribution < 1.29 is 0 Å². The predicted octanol–water partition coefficient (Wildman–Crippen LogP) is 3.55. The van der Waals surface area contributed by atoms with E-state index in [-0.39, 0.29) is 5.54 Å². The van der Waals surface area contributed by atoms with Crippen LogP contribution in [-0.2, 0) is 5.54 Å². The van der Waals surface area contributed by atoms with E-state index in [0.29, 0.717) is 6.04 Å². The quantitative estimate of drug-likeness (QED) is 0.854. The number of hydrogen-bond acceptors (Lipinski definition) is 2. The van der Waals surface area contributed by atoms with E-state index in [9.17, 15) is 0 Å². The summed E-state index contributed by atoms with van der Waals surface area (Å²) >= 11 is 0. The zero-order chi connectivity index (χ0) is 14.7. The Morgan fingerprint density at radius 1 is 1.24 bits per heavy atom. The number of allylic oxidation sites excluding steroid dienone is 2. The van der Waals surface area contributed by atoms with Gasteiger partial charge in [0, 0.05) is 25.7 Å². The molecule has 1 aromatic rings. The van der Waals surface area contributed by atoms with Gasteiger partial charge in [-0.1, -0.05) is 42.5 Å². The summed E-state index contributed by atoms with van der Waals surface area (Å²) in [5, 5.41) is 3.77. The Morgan fingerprint density at radius 2 is 2.05 bits per heavy atom. The largest absolute Gasteiger partial charge is 0.305 e. The second-order valence-electron chi connectivity index (χ2n) is 7.01. The van der Waals surface area contributed by atoms with Gasteiger partial charge in [0.15, 0.2) is 0 Å². The fourth-order valence-electron chi connectivity index (χ4n) is 3.72. The normalized spacial score (nSPS) is 34.0. The maximum atomic E-state index is 3.77. The van der Waals surface area contributed by atoms with Crippen LogP contribution in [0.1, 0.15) is 38.7 Å². The fourth-order valence-corrected chi connectivity index (χ4v) is 3.72. The summed E-state index contributed by atoms with van der Waals surface area (Å²) in [5.41, 5.74) is 1.49. The van der Waals surface area contributed by atoms with Crippen LogP contribution in [-0.4, -0.2) is 30.6 Å². The number of hydrogen-bond donors (Lipinski definition) is 1. The first-order chi connectivity index (χ1) is 10.2. The van der Waals surface area contributed by atoms with Crippen molar-refractivity contribution in [1.29, 1.82) is 0 Å². The first kappa shape index (κ1) is 14.8. The summed E-state index contributed by atoms with van der Waals surface area (Å²) in [5.74, 6) is 0.843. The first-order valence-corrected chi connectivity index (χ1v) is 8.37. The van der Waals surface area contributed by atoms with E-state index in [2.05, 4.69) is 66.5 Å². The number of piperazine rings is 1. The molecule has 0 spiro atoms. The van der Waals surface area contributed by atoms with Gasteiger partial charge in [0.05, 0.1) is 5.54 Å². The molecule has 3 atom stereocenters. The molecule has 2 heteroatoms. The Labute approximate surface area is 129 Å². The van der Waals surface area contributed by atoms with Gasteiger partial charge in [-0.2, -0.15) is 0 Å². The summed E-state index contributed by atoms with van der Waals surface area (Å²) in [6.45, 7) is 8.14. The molecule has 0 saturated carbocycles. The van der Waals surface area contributed by atoms with Crippen LogP contribution in [0.15, 0.2) is 42.5 Å². The minimum atomic E-state index is 0.0816. The molecule has 21 heavy (non-hydrogen) atoms. The molecule has 2 nitrogen and oxygen atoms in total. The van der Waals surface area contributed by atoms with E-state index in [4.69, 9.17) is 0 Å². The number of nitrogens with zero attached hydrogens (tertiary/aromatic N) is 1. The standard InChI is InChI=1S/C19H28N2/c1-16-13-20-19(2,18-11-7-4-8-12-18)15-21(16)14-17-9-5-3-6-10-17/h3-5,7-8,11-12,16-17,20H,6,9-10,13-15H2,1-2H3. The summed E-state index contributed by atoms with van der Waals surface area (Å²) in [6.07, 6.45) is 8.60. The second-order valence-corrected chi connectivity index (χ2v) is 7.01. The lowest BCUT2D eigenvalue weighted by Crippen LogP contribution is -2.61. The van der Waals surface area contributed by atoms with Crippen LogP contribution in [0, 0.1) is 5.92 Å². The van der Waals surface area contributed by atoms with Crippen molar-refractivity contribution in [1.82, 2.24) is 10.2 Å². The summed E-state index contributed by atoms with van der Waals surface area (Å²) < 4.78 is 0. The number of benzene rings is 1. The van der Waals surface area contributed by atoms with E-state index in [1.54, 1.807) is 0 Å². The van der Waals surface area contributed by atoms with Crippen LogP contribution in [0.25, 0.3) is 0 Å². The Balaban J connectivity index is 1.70. The monoisotopic (exact) mass is 284 g/mol. The van der Waals surface area contributed by atoms with Crippen molar-refractivity contribution in [3.8, 4) is 0 Å². The molecule has 1 fully saturated rings. The zero-order valence-electron chi connectivity index (χ0n) is 13.4.